The van der Waals surface area contributed by atoms with Crippen molar-refractivity contribution in [1.29, 1.82) is 0 Å². The van der Waals surface area contributed by atoms with Gasteiger partial charge in [-0.05, 0) is 45.2 Å². The van der Waals surface area contributed by atoms with Crippen LogP contribution < -0.4 is 15.4 Å². The van der Waals surface area contributed by atoms with Gasteiger partial charge in [0.1, 0.15) is 17.4 Å². The second-order valence-corrected chi connectivity index (χ2v) is 8.25. The fourth-order valence-corrected chi connectivity index (χ4v) is 3.05. The molecule has 0 saturated carbocycles. The summed E-state index contributed by atoms with van der Waals surface area (Å²) in [4.78, 5) is 29.1. The molecule has 1 heterocycles. The predicted octanol–water partition coefficient (Wildman–Crippen LogP) is 4.40. The number of hydrogen-bond donors (Lipinski definition) is 2. The molecule has 0 radical (unpaired) electrons. The second-order valence-electron chi connectivity index (χ2n) is 8.25. The first-order valence-electron chi connectivity index (χ1n) is 9.96. The minimum atomic E-state index is -0.760. The summed E-state index contributed by atoms with van der Waals surface area (Å²) in [6.07, 6.45) is 2.94. The monoisotopic (exact) mass is 417 g/mol. The third-order valence-electron chi connectivity index (χ3n) is 4.40. The van der Waals surface area contributed by atoms with Crippen molar-refractivity contribution >= 4 is 17.7 Å². The first-order chi connectivity index (χ1) is 14.1. The molecule has 1 aromatic heterocycles. The van der Waals surface area contributed by atoms with Gasteiger partial charge in [0.25, 0.3) is 0 Å². The van der Waals surface area contributed by atoms with Gasteiger partial charge in [-0.3, -0.25) is 4.79 Å². The Morgan fingerprint density at radius 1 is 1.23 bits per heavy atom. The van der Waals surface area contributed by atoms with E-state index in [1.54, 1.807) is 46.2 Å². The maximum Gasteiger partial charge on any atom is 0.408 e. The Kier molecular flexibility index (Phi) is 7.48. The molecular formula is C22H31N3O5. The topological polar surface area (TPSA) is 103 Å². The number of rotatable bonds is 7. The van der Waals surface area contributed by atoms with Crippen LogP contribution in [-0.2, 0) is 16.0 Å². The fourth-order valence-electron chi connectivity index (χ4n) is 3.05. The number of amides is 2. The quantitative estimate of drug-likeness (QED) is 0.692. The molecule has 164 valence electrons. The van der Waals surface area contributed by atoms with Crippen molar-refractivity contribution in [3.63, 3.8) is 0 Å². The van der Waals surface area contributed by atoms with Crippen LogP contribution in [0.1, 0.15) is 47.1 Å². The van der Waals surface area contributed by atoms with E-state index >= 15 is 0 Å². The average molecular weight is 418 g/mol. The van der Waals surface area contributed by atoms with Gasteiger partial charge in [-0.1, -0.05) is 20.8 Å². The van der Waals surface area contributed by atoms with Gasteiger partial charge in [0.05, 0.1) is 18.9 Å². The molecule has 8 heteroatoms. The summed E-state index contributed by atoms with van der Waals surface area (Å²) in [6.45, 7) is 11.0. The number of alkyl carbamates (subject to hydrolysis) is 1. The number of methoxy groups -OCH3 is 1. The Hall–Kier alpha value is -3.03. The van der Waals surface area contributed by atoms with Crippen molar-refractivity contribution in [2.75, 3.05) is 12.4 Å². The normalized spacial score (nSPS) is 12.4. The van der Waals surface area contributed by atoms with Crippen LogP contribution in [0.25, 0.3) is 11.3 Å². The number of hydrogen-bond acceptors (Lipinski definition) is 6. The molecule has 0 spiro atoms. The number of aromatic nitrogens is 1. The fraction of sp³-hybridized carbons (Fsp3) is 0.500. The lowest BCUT2D eigenvalue weighted by Gasteiger charge is -2.25. The molecule has 0 aliphatic rings. The third-order valence-corrected chi connectivity index (χ3v) is 4.40. The molecule has 0 aliphatic heterocycles. The van der Waals surface area contributed by atoms with Crippen LogP contribution in [0.2, 0.25) is 0 Å². The predicted molar refractivity (Wildman–Crippen MR) is 114 cm³/mol. The summed E-state index contributed by atoms with van der Waals surface area (Å²) < 4.78 is 16.3. The molecule has 2 rings (SSSR count). The van der Waals surface area contributed by atoms with Crippen LogP contribution in [0.5, 0.6) is 5.75 Å². The number of carbonyl (C=O) groups is 2. The van der Waals surface area contributed by atoms with Gasteiger partial charge in [0, 0.05) is 11.3 Å². The van der Waals surface area contributed by atoms with Crippen molar-refractivity contribution in [2.24, 2.45) is 5.92 Å². The van der Waals surface area contributed by atoms with E-state index in [-0.39, 0.29) is 11.8 Å². The SMILES string of the molecule is CCc1c(NC(=O)[C@H](NC(=O)OC(C)(C)C)C(C)C)ccc(-c2cnco2)c1OC. The van der Waals surface area contributed by atoms with E-state index in [0.29, 0.717) is 23.6 Å². The number of anilines is 1. The van der Waals surface area contributed by atoms with Crippen LogP contribution in [0.4, 0.5) is 10.5 Å². The molecule has 0 bridgehead atoms. The van der Waals surface area contributed by atoms with Crippen LogP contribution in [0, 0.1) is 5.92 Å². The van der Waals surface area contributed by atoms with Gasteiger partial charge < -0.3 is 24.5 Å². The lowest BCUT2D eigenvalue weighted by atomic mass is 10.0. The second kappa shape index (κ2) is 9.65. The maximum atomic E-state index is 13.0. The molecule has 2 amide bonds. The summed E-state index contributed by atoms with van der Waals surface area (Å²) in [7, 11) is 1.57. The molecule has 0 unspecified atom stereocenters. The Balaban J connectivity index is 2.28. The first-order valence-corrected chi connectivity index (χ1v) is 9.96. The highest BCUT2D eigenvalue weighted by molar-refractivity contribution is 5.98. The van der Waals surface area contributed by atoms with Crippen LogP contribution in [0.3, 0.4) is 0 Å². The first kappa shape index (κ1) is 23.3. The highest BCUT2D eigenvalue weighted by Crippen LogP contribution is 2.37. The molecule has 2 N–H and O–H groups in total. The third kappa shape index (κ3) is 5.75. The minimum absolute atomic E-state index is 0.141. The van der Waals surface area contributed by atoms with Gasteiger partial charge in [0.15, 0.2) is 12.2 Å². The zero-order valence-corrected chi connectivity index (χ0v) is 18.7. The molecule has 0 saturated heterocycles. The number of nitrogens with one attached hydrogen (secondary N) is 2. The van der Waals surface area contributed by atoms with Crippen LogP contribution >= 0.6 is 0 Å². The van der Waals surface area contributed by atoms with E-state index < -0.39 is 17.7 Å². The van der Waals surface area contributed by atoms with Gasteiger partial charge in [-0.25, -0.2) is 9.78 Å². The summed E-state index contributed by atoms with van der Waals surface area (Å²) in [5.74, 6) is 0.706. The highest BCUT2D eigenvalue weighted by Gasteiger charge is 2.28. The summed E-state index contributed by atoms with van der Waals surface area (Å²) in [6, 6.07) is 2.84. The van der Waals surface area contributed by atoms with Crippen molar-refractivity contribution < 1.29 is 23.5 Å². The summed E-state index contributed by atoms with van der Waals surface area (Å²) in [5, 5.41) is 5.59. The Morgan fingerprint density at radius 3 is 2.43 bits per heavy atom. The zero-order chi connectivity index (χ0) is 22.5. The van der Waals surface area contributed by atoms with Crippen molar-refractivity contribution in [3.8, 4) is 17.1 Å². The van der Waals surface area contributed by atoms with Crippen LogP contribution in [0.15, 0.2) is 29.1 Å². The Morgan fingerprint density at radius 2 is 1.93 bits per heavy atom. The van der Waals surface area contributed by atoms with Crippen molar-refractivity contribution in [2.45, 2.75) is 59.6 Å². The van der Waals surface area contributed by atoms with Crippen molar-refractivity contribution in [1.82, 2.24) is 10.3 Å². The largest absolute Gasteiger partial charge is 0.496 e. The molecule has 1 aromatic carbocycles. The lowest BCUT2D eigenvalue weighted by molar-refractivity contribution is -0.119. The van der Waals surface area contributed by atoms with Crippen molar-refractivity contribution in [3.05, 3.63) is 30.3 Å². The molecule has 2 aromatic rings. The molecule has 30 heavy (non-hydrogen) atoms. The van der Waals surface area contributed by atoms with Gasteiger partial charge in [0.2, 0.25) is 5.91 Å². The minimum Gasteiger partial charge on any atom is -0.496 e. The molecular weight excluding hydrogens is 386 g/mol. The summed E-state index contributed by atoms with van der Waals surface area (Å²) >= 11 is 0. The van der Waals surface area contributed by atoms with Gasteiger partial charge in [-0.15, -0.1) is 0 Å². The summed E-state index contributed by atoms with van der Waals surface area (Å²) in [5.41, 5.74) is 1.53. The molecule has 0 fully saturated rings. The number of nitrogens with zero attached hydrogens (tertiary/aromatic N) is 1. The van der Waals surface area contributed by atoms with Crippen LogP contribution in [-0.4, -0.2) is 35.7 Å². The Labute approximate surface area is 177 Å². The van der Waals surface area contributed by atoms with Gasteiger partial charge >= 0.3 is 6.09 Å². The zero-order valence-electron chi connectivity index (χ0n) is 18.7. The van der Waals surface area contributed by atoms with E-state index in [0.717, 1.165) is 11.1 Å². The number of benzene rings is 1. The average Bonchev–Trinajstić information content (AvgIpc) is 3.18. The van der Waals surface area contributed by atoms with Gasteiger partial charge in [-0.2, -0.15) is 0 Å². The number of oxazole rings is 1. The molecule has 1 atom stereocenters. The number of ether oxygens (including phenoxy) is 2. The maximum absolute atomic E-state index is 13.0. The van der Waals surface area contributed by atoms with E-state index in [4.69, 9.17) is 13.9 Å². The van der Waals surface area contributed by atoms with E-state index in [1.165, 1.54) is 6.39 Å². The molecule has 0 aliphatic carbocycles. The van der Waals surface area contributed by atoms with E-state index in [9.17, 15) is 9.59 Å². The van der Waals surface area contributed by atoms with E-state index in [2.05, 4.69) is 15.6 Å². The highest BCUT2D eigenvalue weighted by atomic mass is 16.6. The van der Waals surface area contributed by atoms with E-state index in [1.807, 2.05) is 20.8 Å². The molecule has 8 nitrogen and oxygen atoms in total. The number of carbonyl (C=O) groups excluding carboxylic acids is 2. The Bertz CT molecular complexity index is 870. The standard InChI is InChI=1S/C22H31N3O5/c1-8-14-16(10-9-15(19(14)28-7)17-11-23-12-29-17)24-20(26)18(13(2)3)25-21(27)30-22(4,5)6/h9-13,18H,8H2,1-7H3,(H,24,26)(H,25,27)/t18-/m1/s1. The smallest absolute Gasteiger partial charge is 0.408 e. The lowest BCUT2D eigenvalue weighted by Crippen LogP contribution is -2.48.